The zero-order valence-electron chi connectivity index (χ0n) is 15.2. The van der Waals surface area contributed by atoms with E-state index in [-0.39, 0.29) is 17.8 Å². The van der Waals surface area contributed by atoms with Crippen LogP contribution in [0.25, 0.3) is 10.2 Å². The third kappa shape index (κ3) is 4.72. The Labute approximate surface area is 166 Å². The van der Waals surface area contributed by atoms with Crippen LogP contribution in [0.4, 0.5) is 4.39 Å². The molecular formula is C21H20FN3O2S. The van der Waals surface area contributed by atoms with Crippen LogP contribution in [0.15, 0.2) is 53.7 Å². The molecular weight excluding hydrogens is 377 g/mol. The largest absolute Gasteiger partial charge is 0.390 e. The number of halogens is 1. The molecule has 4 rings (SSSR count). The summed E-state index contributed by atoms with van der Waals surface area (Å²) in [5.41, 5.74) is 2.87. The summed E-state index contributed by atoms with van der Waals surface area (Å²) in [6.07, 6.45) is 2.17. The van der Waals surface area contributed by atoms with Crippen molar-refractivity contribution in [2.45, 2.75) is 31.8 Å². The highest BCUT2D eigenvalue weighted by molar-refractivity contribution is 7.18. The number of amides is 1. The van der Waals surface area contributed by atoms with Gasteiger partial charge in [-0.3, -0.25) is 4.79 Å². The zero-order chi connectivity index (χ0) is 19.3. The second-order valence-electron chi connectivity index (χ2n) is 6.77. The van der Waals surface area contributed by atoms with E-state index in [0.717, 1.165) is 26.5 Å². The van der Waals surface area contributed by atoms with Crippen molar-refractivity contribution in [1.82, 2.24) is 10.3 Å². The lowest BCUT2D eigenvalue weighted by Crippen LogP contribution is -2.32. The maximum atomic E-state index is 13.0. The molecule has 2 aromatic carbocycles. The van der Waals surface area contributed by atoms with E-state index in [1.165, 1.54) is 12.1 Å². The van der Waals surface area contributed by atoms with Crippen molar-refractivity contribution in [2.75, 3.05) is 6.54 Å². The lowest BCUT2D eigenvalue weighted by molar-refractivity contribution is -0.121. The summed E-state index contributed by atoms with van der Waals surface area (Å²) in [4.78, 5) is 22.1. The molecule has 28 heavy (non-hydrogen) atoms. The highest BCUT2D eigenvalue weighted by Gasteiger charge is 2.21. The Bertz CT molecular complexity index is 967. The first kappa shape index (κ1) is 18.6. The number of hydrogen-bond acceptors (Lipinski definition) is 5. The number of rotatable bonds is 7. The van der Waals surface area contributed by atoms with Crippen LogP contribution in [0, 0.1) is 5.82 Å². The minimum absolute atomic E-state index is 0.0187. The lowest BCUT2D eigenvalue weighted by atomic mass is 10.0. The summed E-state index contributed by atoms with van der Waals surface area (Å²) in [5, 5.41) is 7.98. The third-order valence-electron chi connectivity index (χ3n) is 4.55. The number of fused-ring (bicyclic) bond motifs is 1. The molecule has 0 saturated heterocycles. The first-order valence-electron chi connectivity index (χ1n) is 9.23. The van der Waals surface area contributed by atoms with Crippen LogP contribution in [0.2, 0.25) is 0 Å². The number of benzene rings is 2. The van der Waals surface area contributed by atoms with Crippen molar-refractivity contribution in [3.8, 4) is 0 Å². The third-order valence-corrected chi connectivity index (χ3v) is 5.64. The van der Waals surface area contributed by atoms with Gasteiger partial charge in [-0.15, -0.1) is 11.3 Å². The van der Waals surface area contributed by atoms with Crippen LogP contribution < -0.4 is 5.32 Å². The molecule has 1 amide bonds. The van der Waals surface area contributed by atoms with Crippen molar-refractivity contribution < 1.29 is 14.0 Å². The second kappa shape index (κ2) is 8.48. The summed E-state index contributed by atoms with van der Waals surface area (Å²) in [6.45, 7) is 0.426. The predicted octanol–water partition coefficient (Wildman–Crippen LogP) is 3.87. The standard InChI is InChI=1S/C21H20FN3O2S/c22-15-7-5-14(6-8-15)11-16-12-17(27-25-16)13-23-20(26)9-10-21-24-18-3-1-2-4-19(18)28-21/h1-8,17H,9-13H2,(H,23,26)/t17-/m0/s1. The number of aryl methyl sites for hydroxylation is 1. The quantitative estimate of drug-likeness (QED) is 0.658. The second-order valence-corrected chi connectivity index (χ2v) is 7.89. The highest BCUT2D eigenvalue weighted by atomic mass is 32.1. The molecule has 0 aliphatic carbocycles. The molecule has 1 N–H and O–H groups in total. The molecule has 0 unspecified atom stereocenters. The molecule has 144 valence electrons. The fourth-order valence-electron chi connectivity index (χ4n) is 3.10. The summed E-state index contributed by atoms with van der Waals surface area (Å²) >= 11 is 1.63. The summed E-state index contributed by atoms with van der Waals surface area (Å²) < 4.78 is 14.1. The van der Waals surface area contributed by atoms with Gasteiger partial charge in [-0.2, -0.15) is 0 Å². The number of nitrogens with zero attached hydrogens (tertiary/aromatic N) is 2. The van der Waals surface area contributed by atoms with Gasteiger partial charge in [0.15, 0.2) is 0 Å². The van der Waals surface area contributed by atoms with Gasteiger partial charge in [-0.05, 0) is 29.8 Å². The number of carbonyl (C=O) groups excluding carboxylic acids is 1. The van der Waals surface area contributed by atoms with Crippen LogP contribution in [0.1, 0.15) is 23.4 Å². The molecule has 5 nitrogen and oxygen atoms in total. The number of nitrogens with one attached hydrogen (secondary N) is 1. The van der Waals surface area contributed by atoms with Crippen molar-refractivity contribution in [1.29, 1.82) is 0 Å². The average molecular weight is 397 g/mol. The SMILES string of the molecule is O=C(CCc1nc2ccccc2s1)NC[C@@H]1CC(Cc2ccc(F)cc2)=NO1. The van der Waals surface area contributed by atoms with E-state index in [0.29, 0.717) is 32.2 Å². The van der Waals surface area contributed by atoms with Gasteiger partial charge in [-0.25, -0.2) is 9.37 Å². The summed E-state index contributed by atoms with van der Waals surface area (Å²) in [5.74, 6) is -0.269. The predicted molar refractivity (Wildman–Crippen MR) is 108 cm³/mol. The van der Waals surface area contributed by atoms with Crippen LogP contribution in [0.5, 0.6) is 0 Å². The van der Waals surface area contributed by atoms with Gasteiger partial charge in [-0.1, -0.05) is 29.4 Å². The van der Waals surface area contributed by atoms with Gasteiger partial charge in [0, 0.05) is 25.7 Å². The Hall–Kier alpha value is -2.80. The number of hydrogen-bond donors (Lipinski definition) is 1. The first-order valence-corrected chi connectivity index (χ1v) is 10.0. The van der Waals surface area contributed by atoms with E-state index in [1.54, 1.807) is 23.5 Å². The number of thiazole rings is 1. The molecule has 3 aromatic rings. The summed E-state index contributed by atoms with van der Waals surface area (Å²) in [7, 11) is 0. The molecule has 0 radical (unpaired) electrons. The number of carbonyl (C=O) groups is 1. The van der Waals surface area contributed by atoms with Gasteiger partial charge in [0.1, 0.15) is 11.9 Å². The zero-order valence-corrected chi connectivity index (χ0v) is 16.0. The molecule has 0 saturated carbocycles. The topological polar surface area (TPSA) is 63.6 Å². The molecule has 2 heterocycles. The van der Waals surface area contributed by atoms with Gasteiger partial charge in [0.2, 0.25) is 5.91 Å². The lowest BCUT2D eigenvalue weighted by Gasteiger charge is -2.09. The molecule has 1 aromatic heterocycles. The van der Waals surface area contributed by atoms with Gasteiger partial charge < -0.3 is 10.2 Å². The van der Waals surface area contributed by atoms with E-state index in [9.17, 15) is 9.18 Å². The van der Waals surface area contributed by atoms with Crippen molar-refractivity contribution in [3.63, 3.8) is 0 Å². The van der Waals surface area contributed by atoms with Crippen molar-refractivity contribution in [2.24, 2.45) is 5.16 Å². The van der Waals surface area contributed by atoms with Crippen LogP contribution in [-0.2, 0) is 22.5 Å². The molecule has 0 bridgehead atoms. The minimum Gasteiger partial charge on any atom is -0.390 e. The van der Waals surface area contributed by atoms with E-state index in [2.05, 4.69) is 15.5 Å². The monoisotopic (exact) mass is 397 g/mol. The maximum Gasteiger partial charge on any atom is 0.220 e. The van der Waals surface area contributed by atoms with E-state index in [4.69, 9.17) is 4.84 Å². The van der Waals surface area contributed by atoms with Gasteiger partial charge >= 0.3 is 0 Å². The number of aromatic nitrogens is 1. The van der Waals surface area contributed by atoms with Crippen molar-refractivity contribution in [3.05, 3.63) is 64.9 Å². The van der Waals surface area contributed by atoms with E-state index < -0.39 is 0 Å². The van der Waals surface area contributed by atoms with E-state index >= 15 is 0 Å². The summed E-state index contributed by atoms with van der Waals surface area (Å²) in [6, 6.07) is 14.3. The normalized spacial score (nSPS) is 16.0. The Kier molecular flexibility index (Phi) is 5.62. The van der Waals surface area contributed by atoms with Crippen LogP contribution in [-0.4, -0.2) is 29.3 Å². The number of oxime groups is 1. The molecule has 1 aliphatic heterocycles. The minimum atomic E-state index is -0.250. The number of para-hydroxylation sites is 1. The van der Waals surface area contributed by atoms with E-state index in [1.807, 2.05) is 24.3 Å². The maximum absolute atomic E-state index is 13.0. The molecule has 7 heteroatoms. The molecule has 1 atom stereocenters. The Morgan fingerprint density at radius 1 is 1.21 bits per heavy atom. The Balaban J connectivity index is 1.18. The molecule has 0 fully saturated rings. The first-order chi connectivity index (χ1) is 13.7. The smallest absolute Gasteiger partial charge is 0.220 e. The Morgan fingerprint density at radius 3 is 2.86 bits per heavy atom. The Morgan fingerprint density at radius 2 is 2.04 bits per heavy atom. The van der Waals surface area contributed by atoms with Crippen molar-refractivity contribution >= 4 is 33.2 Å². The van der Waals surface area contributed by atoms with Crippen LogP contribution >= 0.6 is 11.3 Å². The fourth-order valence-corrected chi connectivity index (χ4v) is 4.07. The highest BCUT2D eigenvalue weighted by Crippen LogP contribution is 2.22. The van der Waals surface area contributed by atoms with Gasteiger partial charge in [0.05, 0.1) is 27.5 Å². The fraction of sp³-hybridized carbons (Fsp3) is 0.286. The van der Waals surface area contributed by atoms with Gasteiger partial charge in [0.25, 0.3) is 0 Å². The van der Waals surface area contributed by atoms with Crippen LogP contribution in [0.3, 0.4) is 0 Å². The molecule has 0 spiro atoms. The molecule has 1 aliphatic rings. The average Bonchev–Trinajstić information content (AvgIpc) is 3.33.